The molecular formula is C16H18N2O3. The van der Waals surface area contributed by atoms with Crippen molar-refractivity contribution in [3.05, 3.63) is 64.2 Å². The van der Waals surface area contributed by atoms with Gasteiger partial charge in [0.25, 0.3) is 5.69 Å². The number of nitro benzene ring substituents is 1. The number of benzene rings is 2. The molecule has 0 aliphatic carbocycles. The van der Waals surface area contributed by atoms with Gasteiger partial charge in [-0.05, 0) is 43.7 Å². The monoisotopic (exact) mass is 286 g/mol. The first-order valence-electron chi connectivity index (χ1n) is 6.84. The van der Waals surface area contributed by atoms with E-state index in [0.29, 0.717) is 6.61 Å². The van der Waals surface area contributed by atoms with Crippen LogP contribution < -0.4 is 10.1 Å². The second-order valence-electron chi connectivity index (χ2n) is 4.67. The minimum absolute atomic E-state index is 0.0919. The Kier molecular flexibility index (Phi) is 4.77. The zero-order valence-electron chi connectivity index (χ0n) is 12.1. The Balaban J connectivity index is 2.03. The highest BCUT2D eigenvalue weighted by Gasteiger charge is 2.08. The van der Waals surface area contributed by atoms with Crippen LogP contribution in [-0.2, 0) is 0 Å². The van der Waals surface area contributed by atoms with Crippen molar-refractivity contribution in [2.75, 3.05) is 11.9 Å². The number of anilines is 1. The molecule has 0 aliphatic rings. The second-order valence-corrected chi connectivity index (χ2v) is 4.67. The van der Waals surface area contributed by atoms with Crippen molar-refractivity contribution in [1.82, 2.24) is 0 Å². The van der Waals surface area contributed by atoms with Crippen molar-refractivity contribution in [1.29, 1.82) is 0 Å². The van der Waals surface area contributed by atoms with E-state index in [9.17, 15) is 10.1 Å². The normalized spacial score (nSPS) is 11.7. The molecule has 0 amide bonds. The molecule has 0 saturated heterocycles. The lowest BCUT2D eigenvalue weighted by molar-refractivity contribution is -0.384. The Bertz CT molecular complexity index is 594. The molecule has 5 heteroatoms. The van der Waals surface area contributed by atoms with Crippen LogP contribution in [0.15, 0.2) is 48.5 Å². The van der Waals surface area contributed by atoms with Crippen molar-refractivity contribution in [2.24, 2.45) is 0 Å². The fourth-order valence-corrected chi connectivity index (χ4v) is 2.03. The molecule has 2 aromatic rings. The Hall–Kier alpha value is -2.56. The van der Waals surface area contributed by atoms with Crippen LogP contribution in [-0.4, -0.2) is 11.5 Å². The largest absolute Gasteiger partial charge is 0.494 e. The highest BCUT2D eigenvalue weighted by molar-refractivity contribution is 5.50. The van der Waals surface area contributed by atoms with Gasteiger partial charge in [-0.1, -0.05) is 12.1 Å². The number of non-ortho nitro benzene ring substituents is 1. The standard InChI is InChI=1S/C16H18N2O3/c1-3-21-16-10-4-13(5-11-16)12(2)17-14-6-8-15(9-7-14)18(19)20/h4-12,17H,3H2,1-2H3. The van der Waals surface area contributed by atoms with Crippen LogP contribution in [0.5, 0.6) is 5.75 Å². The third-order valence-electron chi connectivity index (χ3n) is 3.15. The average molecular weight is 286 g/mol. The summed E-state index contributed by atoms with van der Waals surface area (Å²) in [5.41, 5.74) is 2.06. The van der Waals surface area contributed by atoms with Gasteiger partial charge in [0, 0.05) is 23.9 Å². The Morgan fingerprint density at radius 2 is 1.76 bits per heavy atom. The van der Waals surface area contributed by atoms with Gasteiger partial charge in [0.05, 0.1) is 11.5 Å². The van der Waals surface area contributed by atoms with Crippen LogP contribution in [0.1, 0.15) is 25.5 Å². The molecule has 1 atom stereocenters. The van der Waals surface area contributed by atoms with Crippen LogP contribution in [0.25, 0.3) is 0 Å². The molecule has 1 N–H and O–H groups in total. The first-order valence-corrected chi connectivity index (χ1v) is 6.84. The fraction of sp³-hybridized carbons (Fsp3) is 0.250. The average Bonchev–Trinajstić information content (AvgIpc) is 2.49. The van der Waals surface area contributed by atoms with Gasteiger partial charge in [0.2, 0.25) is 0 Å². The maximum absolute atomic E-state index is 10.6. The topological polar surface area (TPSA) is 64.4 Å². The van der Waals surface area contributed by atoms with Crippen LogP contribution in [0.3, 0.4) is 0 Å². The molecule has 2 aromatic carbocycles. The molecular weight excluding hydrogens is 268 g/mol. The van der Waals surface area contributed by atoms with Gasteiger partial charge in [-0.2, -0.15) is 0 Å². The predicted molar refractivity (Wildman–Crippen MR) is 82.7 cm³/mol. The third-order valence-corrected chi connectivity index (χ3v) is 3.15. The minimum atomic E-state index is -0.403. The fourth-order valence-electron chi connectivity index (χ4n) is 2.03. The number of rotatable bonds is 6. The summed E-state index contributed by atoms with van der Waals surface area (Å²) >= 11 is 0. The van der Waals surface area contributed by atoms with Crippen LogP contribution in [0.4, 0.5) is 11.4 Å². The van der Waals surface area contributed by atoms with Crippen molar-refractivity contribution in [3.8, 4) is 5.75 Å². The maximum Gasteiger partial charge on any atom is 0.269 e. The van der Waals surface area contributed by atoms with Crippen LogP contribution in [0, 0.1) is 10.1 Å². The van der Waals surface area contributed by atoms with Gasteiger partial charge < -0.3 is 10.1 Å². The van der Waals surface area contributed by atoms with E-state index >= 15 is 0 Å². The number of nitrogens with one attached hydrogen (secondary N) is 1. The van der Waals surface area contributed by atoms with E-state index in [1.807, 2.05) is 38.1 Å². The molecule has 1 unspecified atom stereocenters. The minimum Gasteiger partial charge on any atom is -0.494 e. The van der Waals surface area contributed by atoms with E-state index in [4.69, 9.17) is 4.74 Å². The molecule has 0 spiro atoms. The summed E-state index contributed by atoms with van der Waals surface area (Å²) in [5.74, 6) is 0.851. The van der Waals surface area contributed by atoms with E-state index in [-0.39, 0.29) is 11.7 Å². The van der Waals surface area contributed by atoms with E-state index in [2.05, 4.69) is 5.32 Å². The van der Waals surface area contributed by atoms with Crippen molar-refractivity contribution in [3.63, 3.8) is 0 Å². The molecule has 0 aromatic heterocycles. The van der Waals surface area contributed by atoms with Gasteiger partial charge in [-0.3, -0.25) is 10.1 Å². The van der Waals surface area contributed by atoms with E-state index in [1.54, 1.807) is 12.1 Å². The molecule has 0 saturated carbocycles. The molecule has 0 fully saturated rings. The van der Waals surface area contributed by atoms with Crippen LogP contribution in [0.2, 0.25) is 0 Å². The molecule has 21 heavy (non-hydrogen) atoms. The maximum atomic E-state index is 10.6. The van der Waals surface area contributed by atoms with Gasteiger partial charge >= 0.3 is 0 Å². The lowest BCUT2D eigenvalue weighted by atomic mass is 10.1. The summed E-state index contributed by atoms with van der Waals surface area (Å²) in [6.07, 6.45) is 0. The number of ether oxygens (including phenoxy) is 1. The van der Waals surface area contributed by atoms with E-state index < -0.39 is 4.92 Å². The number of hydrogen-bond donors (Lipinski definition) is 1. The Morgan fingerprint density at radius 1 is 1.14 bits per heavy atom. The number of hydrogen-bond acceptors (Lipinski definition) is 4. The van der Waals surface area contributed by atoms with Crippen molar-refractivity contribution < 1.29 is 9.66 Å². The molecule has 110 valence electrons. The summed E-state index contributed by atoms with van der Waals surface area (Å²) in [4.78, 5) is 10.2. The highest BCUT2D eigenvalue weighted by Crippen LogP contribution is 2.23. The SMILES string of the molecule is CCOc1ccc(C(C)Nc2ccc([N+](=O)[O-])cc2)cc1. The number of nitro groups is 1. The smallest absolute Gasteiger partial charge is 0.269 e. The summed E-state index contributed by atoms with van der Waals surface area (Å²) in [6.45, 7) is 4.64. The Labute approximate surface area is 123 Å². The predicted octanol–water partition coefficient (Wildman–Crippen LogP) is 4.17. The zero-order chi connectivity index (χ0) is 15.2. The van der Waals surface area contributed by atoms with Crippen molar-refractivity contribution >= 4 is 11.4 Å². The molecule has 5 nitrogen and oxygen atoms in total. The summed E-state index contributed by atoms with van der Waals surface area (Å²) in [7, 11) is 0. The van der Waals surface area contributed by atoms with Gasteiger partial charge in [-0.15, -0.1) is 0 Å². The van der Waals surface area contributed by atoms with Gasteiger partial charge in [0.1, 0.15) is 5.75 Å². The van der Waals surface area contributed by atoms with E-state index in [0.717, 1.165) is 17.0 Å². The summed E-state index contributed by atoms with van der Waals surface area (Å²) < 4.78 is 5.41. The molecule has 0 radical (unpaired) electrons. The highest BCUT2D eigenvalue weighted by atomic mass is 16.6. The molecule has 0 heterocycles. The second kappa shape index (κ2) is 6.74. The molecule has 0 bridgehead atoms. The van der Waals surface area contributed by atoms with Gasteiger partial charge in [0.15, 0.2) is 0 Å². The lowest BCUT2D eigenvalue weighted by Gasteiger charge is -2.16. The quantitative estimate of drug-likeness (QED) is 0.639. The zero-order valence-corrected chi connectivity index (χ0v) is 12.1. The van der Waals surface area contributed by atoms with Crippen LogP contribution >= 0.6 is 0 Å². The lowest BCUT2D eigenvalue weighted by Crippen LogP contribution is -2.06. The number of nitrogens with zero attached hydrogens (tertiary/aromatic N) is 1. The first kappa shape index (κ1) is 14.8. The first-order chi connectivity index (χ1) is 10.1. The van der Waals surface area contributed by atoms with E-state index in [1.165, 1.54) is 12.1 Å². The molecule has 0 aliphatic heterocycles. The Morgan fingerprint density at radius 3 is 2.29 bits per heavy atom. The van der Waals surface area contributed by atoms with Crippen molar-refractivity contribution in [2.45, 2.75) is 19.9 Å². The van der Waals surface area contributed by atoms with Gasteiger partial charge in [-0.25, -0.2) is 0 Å². The summed E-state index contributed by atoms with van der Waals surface area (Å²) in [6, 6.07) is 14.4. The molecule has 2 rings (SSSR count). The summed E-state index contributed by atoms with van der Waals surface area (Å²) in [5, 5.41) is 13.9. The third kappa shape index (κ3) is 3.95.